The molecular weight excluding hydrogens is 348 g/mol. The lowest BCUT2D eigenvalue weighted by Gasteiger charge is -2.22. The Bertz CT molecular complexity index is 1070. The van der Waals surface area contributed by atoms with E-state index in [1.807, 2.05) is 18.2 Å². The summed E-state index contributed by atoms with van der Waals surface area (Å²) < 4.78 is 7.92. The van der Waals surface area contributed by atoms with Gasteiger partial charge in [-0.3, -0.25) is 4.79 Å². The molecule has 0 N–H and O–H groups in total. The predicted octanol–water partition coefficient (Wildman–Crippen LogP) is 3.12. The SMILES string of the molecule is O=C(OC1CCc2c(sc3c2c(=O)nc2n3CCC2)C1)c1ccccc1. The van der Waals surface area contributed by atoms with Crippen LogP contribution in [0.3, 0.4) is 0 Å². The van der Waals surface area contributed by atoms with Gasteiger partial charge < -0.3 is 9.30 Å². The summed E-state index contributed by atoms with van der Waals surface area (Å²) in [5.74, 6) is 0.634. The quantitative estimate of drug-likeness (QED) is 0.654. The fourth-order valence-corrected chi connectivity index (χ4v) is 5.46. The van der Waals surface area contributed by atoms with Crippen molar-refractivity contribution in [3.05, 3.63) is 62.5 Å². The minimum atomic E-state index is -0.276. The monoisotopic (exact) mass is 366 g/mol. The van der Waals surface area contributed by atoms with E-state index < -0.39 is 0 Å². The first-order valence-corrected chi connectivity index (χ1v) is 9.82. The van der Waals surface area contributed by atoms with E-state index in [1.165, 1.54) is 4.88 Å². The summed E-state index contributed by atoms with van der Waals surface area (Å²) in [7, 11) is 0. The Kier molecular flexibility index (Phi) is 3.67. The van der Waals surface area contributed by atoms with Gasteiger partial charge in [0.05, 0.1) is 10.9 Å². The molecule has 5 rings (SSSR count). The van der Waals surface area contributed by atoms with Crippen molar-refractivity contribution in [1.82, 2.24) is 9.55 Å². The summed E-state index contributed by atoms with van der Waals surface area (Å²) in [5.41, 5.74) is 1.61. The Balaban J connectivity index is 1.46. The molecule has 26 heavy (non-hydrogen) atoms. The Labute approximate surface area is 154 Å². The zero-order valence-corrected chi connectivity index (χ0v) is 15.1. The third-order valence-corrected chi connectivity index (χ3v) is 6.55. The van der Waals surface area contributed by atoms with Crippen molar-refractivity contribution in [2.75, 3.05) is 0 Å². The van der Waals surface area contributed by atoms with Crippen molar-refractivity contribution in [2.24, 2.45) is 0 Å². The highest BCUT2D eigenvalue weighted by atomic mass is 32.1. The highest BCUT2D eigenvalue weighted by molar-refractivity contribution is 7.18. The highest BCUT2D eigenvalue weighted by Crippen LogP contribution is 2.36. The van der Waals surface area contributed by atoms with Gasteiger partial charge in [0.1, 0.15) is 16.8 Å². The molecule has 3 heterocycles. The maximum atomic E-state index is 12.5. The van der Waals surface area contributed by atoms with Crippen LogP contribution < -0.4 is 5.56 Å². The lowest BCUT2D eigenvalue weighted by atomic mass is 9.95. The molecular formula is C20H18N2O3S. The van der Waals surface area contributed by atoms with Crippen molar-refractivity contribution in [3.8, 4) is 0 Å². The van der Waals surface area contributed by atoms with Crippen LogP contribution in [-0.4, -0.2) is 21.6 Å². The van der Waals surface area contributed by atoms with Gasteiger partial charge in [0.15, 0.2) is 0 Å². The van der Waals surface area contributed by atoms with Gasteiger partial charge >= 0.3 is 5.97 Å². The normalized spacial score (nSPS) is 18.5. The van der Waals surface area contributed by atoms with E-state index >= 15 is 0 Å². The summed E-state index contributed by atoms with van der Waals surface area (Å²) in [6.45, 7) is 0.935. The third kappa shape index (κ3) is 2.48. The first kappa shape index (κ1) is 15.8. The number of esters is 1. The Morgan fingerprint density at radius 1 is 1.23 bits per heavy atom. The Morgan fingerprint density at radius 3 is 2.92 bits per heavy atom. The van der Waals surface area contributed by atoms with E-state index in [0.29, 0.717) is 12.0 Å². The lowest BCUT2D eigenvalue weighted by molar-refractivity contribution is 0.0274. The molecule has 0 amide bonds. The number of fused-ring (bicyclic) bond motifs is 5. The largest absolute Gasteiger partial charge is 0.458 e. The molecule has 1 aliphatic carbocycles. The van der Waals surface area contributed by atoms with Crippen LogP contribution in [0.5, 0.6) is 0 Å². The average Bonchev–Trinajstić information content (AvgIpc) is 3.26. The highest BCUT2D eigenvalue weighted by Gasteiger charge is 2.29. The molecule has 2 aromatic heterocycles. The van der Waals surface area contributed by atoms with Gasteiger partial charge in [-0.15, -0.1) is 11.3 Å². The predicted molar refractivity (Wildman–Crippen MR) is 99.9 cm³/mol. The van der Waals surface area contributed by atoms with Crippen LogP contribution in [0.15, 0.2) is 35.1 Å². The van der Waals surface area contributed by atoms with Gasteiger partial charge in [0.2, 0.25) is 0 Å². The van der Waals surface area contributed by atoms with Crippen molar-refractivity contribution >= 4 is 27.5 Å². The molecule has 1 aliphatic heterocycles. The maximum absolute atomic E-state index is 12.5. The number of benzene rings is 1. The number of nitrogens with zero attached hydrogens (tertiary/aromatic N) is 2. The van der Waals surface area contributed by atoms with E-state index in [4.69, 9.17) is 4.74 Å². The average molecular weight is 366 g/mol. The minimum absolute atomic E-state index is 0.0922. The molecule has 1 unspecified atom stereocenters. The molecule has 0 spiro atoms. The van der Waals surface area contributed by atoms with Crippen LogP contribution in [0, 0.1) is 0 Å². The summed E-state index contributed by atoms with van der Waals surface area (Å²) in [4.78, 5) is 31.4. The second-order valence-corrected chi connectivity index (χ2v) is 7.99. The lowest BCUT2D eigenvalue weighted by Crippen LogP contribution is -2.25. The van der Waals surface area contributed by atoms with E-state index in [-0.39, 0.29) is 17.6 Å². The topological polar surface area (TPSA) is 61.2 Å². The number of aryl methyl sites for hydroxylation is 3. The molecule has 1 aromatic carbocycles. The standard InChI is InChI=1S/C20H18N2O3S/c23-18-17-14-9-8-13(25-20(24)12-5-2-1-3-6-12)11-15(14)26-19(17)22-10-4-7-16(22)21-18/h1-3,5-6,13H,4,7-11H2. The fraction of sp³-hybridized carbons (Fsp3) is 0.350. The Hall–Kier alpha value is -2.47. The van der Waals surface area contributed by atoms with Crippen molar-refractivity contribution in [2.45, 2.75) is 44.8 Å². The first-order chi connectivity index (χ1) is 12.7. The van der Waals surface area contributed by atoms with Gasteiger partial charge in [0.25, 0.3) is 5.56 Å². The van der Waals surface area contributed by atoms with Gasteiger partial charge in [-0.05, 0) is 37.0 Å². The molecule has 2 aliphatic rings. The number of hydrogen-bond acceptors (Lipinski definition) is 5. The summed E-state index contributed by atoms with van der Waals surface area (Å²) in [6.07, 6.45) is 3.99. The van der Waals surface area contributed by atoms with Gasteiger partial charge in [-0.2, -0.15) is 4.98 Å². The smallest absolute Gasteiger partial charge is 0.338 e. The second kappa shape index (κ2) is 6.06. The van der Waals surface area contributed by atoms with Crippen molar-refractivity contribution in [1.29, 1.82) is 0 Å². The van der Waals surface area contributed by atoms with Crippen molar-refractivity contribution < 1.29 is 9.53 Å². The molecule has 5 nitrogen and oxygen atoms in total. The zero-order chi connectivity index (χ0) is 17.7. The Morgan fingerprint density at radius 2 is 2.08 bits per heavy atom. The molecule has 0 saturated carbocycles. The van der Waals surface area contributed by atoms with Crippen LogP contribution in [0.4, 0.5) is 0 Å². The van der Waals surface area contributed by atoms with Crippen LogP contribution in [0.2, 0.25) is 0 Å². The third-order valence-electron chi connectivity index (χ3n) is 5.27. The van der Waals surface area contributed by atoms with E-state index in [2.05, 4.69) is 9.55 Å². The molecule has 0 bridgehead atoms. The maximum Gasteiger partial charge on any atom is 0.338 e. The van der Waals surface area contributed by atoms with Gasteiger partial charge in [-0.1, -0.05) is 18.2 Å². The van der Waals surface area contributed by atoms with Crippen LogP contribution in [0.1, 0.15) is 39.5 Å². The number of ether oxygens (including phenoxy) is 1. The summed E-state index contributed by atoms with van der Waals surface area (Å²) in [5, 5.41) is 0.795. The molecule has 0 saturated heterocycles. The first-order valence-electron chi connectivity index (χ1n) is 9.00. The summed E-state index contributed by atoms with van der Waals surface area (Å²) in [6, 6.07) is 9.09. The van der Waals surface area contributed by atoms with Crippen LogP contribution in [0.25, 0.3) is 10.2 Å². The molecule has 0 radical (unpaired) electrons. The van der Waals surface area contributed by atoms with Crippen LogP contribution >= 0.6 is 11.3 Å². The van der Waals surface area contributed by atoms with Crippen LogP contribution in [-0.2, 0) is 30.5 Å². The molecule has 132 valence electrons. The molecule has 6 heteroatoms. The summed E-state index contributed by atoms with van der Waals surface area (Å²) >= 11 is 1.68. The molecule has 0 fully saturated rings. The van der Waals surface area contributed by atoms with Crippen molar-refractivity contribution in [3.63, 3.8) is 0 Å². The number of carbonyl (C=O) groups is 1. The number of rotatable bonds is 2. The second-order valence-electron chi connectivity index (χ2n) is 6.91. The number of aromatic nitrogens is 2. The molecule has 3 aromatic rings. The number of hydrogen-bond donors (Lipinski definition) is 0. The fourth-order valence-electron chi connectivity index (χ4n) is 4.01. The van der Waals surface area contributed by atoms with E-state index in [1.54, 1.807) is 23.5 Å². The van der Waals surface area contributed by atoms with E-state index in [0.717, 1.165) is 53.8 Å². The molecule has 1 atom stereocenters. The van der Waals surface area contributed by atoms with Gasteiger partial charge in [0, 0.05) is 24.3 Å². The zero-order valence-electron chi connectivity index (χ0n) is 14.2. The number of thiophene rings is 1. The minimum Gasteiger partial charge on any atom is -0.458 e. The van der Waals surface area contributed by atoms with E-state index in [9.17, 15) is 9.59 Å². The number of carbonyl (C=O) groups excluding carboxylic acids is 1. The van der Waals surface area contributed by atoms with Gasteiger partial charge in [-0.25, -0.2) is 4.79 Å².